The number of benzene rings is 2. The van der Waals surface area contributed by atoms with Crippen molar-refractivity contribution in [3.63, 3.8) is 0 Å². The van der Waals surface area contributed by atoms with Crippen molar-refractivity contribution in [2.24, 2.45) is 0 Å². The molecule has 0 heterocycles. The zero-order chi connectivity index (χ0) is 17.4. The second-order valence-corrected chi connectivity index (χ2v) is 5.56. The topological polar surface area (TPSA) is 47.6 Å². The van der Waals surface area contributed by atoms with E-state index in [1.54, 1.807) is 25.3 Å². The minimum absolute atomic E-state index is 0.167. The van der Waals surface area contributed by atoms with E-state index in [1.165, 1.54) is 6.08 Å². The first-order valence-electron chi connectivity index (χ1n) is 7.12. The van der Waals surface area contributed by atoms with Gasteiger partial charge in [-0.3, -0.25) is 4.79 Å². The van der Waals surface area contributed by atoms with E-state index in [4.69, 9.17) is 15.9 Å². The first kappa shape index (κ1) is 17.6. The van der Waals surface area contributed by atoms with Gasteiger partial charge in [0.25, 0.3) is 0 Å². The second kappa shape index (κ2) is 8.80. The van der Waals surface area contributed by atoms with Gasteiger partial charge in [0.15, 0.2) is 11.5 Å². The molecule has 0 spiro atoms. The summed E-state index contributed by atoms with van der Waals surface area (Å²) in [4.78, 5) is 12.0. The van der Waals surface area contributed by atoms with Gasteiger partial charge in [0.1, 0.15) is 6.61 Å². The van der Waals surface area contributed by atoms with E-state index in [9.17, 15) is 4.79 Å². The van der Waals surface area contributed by atoms with Crippen LogP contribution >= 0.6 is 15.9 Å². The van der Waals surface area contributed by atoms with Gasteiger partial charge in [0, 0.05) is 10.5 Å². The molecule has 0 saturated carbocycles. The van der Waals surface area contributed by atoms with Gasteiger partial charge in [-0.2, -0.15) is 0 Å². The van der Waals surface area contributed by atoms with Gasteiger partial charge in [0.2, 0.25) is 5.91 Å². The van der Waals surface area contributed by atoms with Crippen LogP contribution in [0.25, 0.3) is 6.08 Å². The summed E-state index contributed by atoms with van der Waals surface area (Å²) in [6.45, 7) is 0.167. The van der Waals surface area contributed by atoms with E-state index in [1.807, 2.05) is 30.3 Å². The average molecular weight is 386 g/mol. The van der Waals surface area contributed by atoms with Gasteiger partial charge in [-0.05, 0) is 51.8 Å². The van der Waals surface area contributed by atoms with E-state index >= 15 is 0 Å². The van der Waals surface area contributed by atoms with E-state index in [-0.39, 0.29) is 12.5 Å². The molecule has 2 aromatic carbocycles. The van der Waals surface area contributed by atoms with Crippen LogP contribution in [-0.4, -0.2) is 19.6 Å². The lowest BCUT2D eigenvalue weighted by Crippen LogP contribution is -2.08. The lowest BCUT2D eigenvalue weighted by atomic mass is 10.2. The maximum Gasteiger partial charge on any atom is 0.248 e. The van der Waals surface area contributed by atoms with Gasteiger partial charge in [-0.15, -0.1) is 6.42 Å². The van der Waals surface area contributed by atoms with Crippen LogP contribution in [0.5, 0.6) is 11.5 Å². The number of rotatable bonds is 6. The highest BCUT2D eigenvalue weighted by Crippen LogP contribution is 2.28. The fraction of sp³-hybridized carbons (Fsp3) is 0.105. The molecule has 0 aliphatic heterocycles. The van der Waals surface area contributed by atoms with Crippen molar-refractivity contribution in [2.45, 2.75) is 0 Å². The molecule has 0 saturated heterocycles. The molecular formula is C19H16BrNO3. The minimum Gasteiger partial charge on any atom is -0.493 e. The summed E-state index contributed by atoms with van der Waals surface area (Å²) < 4.78 is 11.5. The van der Waals surface area contributed by atoms with E-state index < -0.39 is 0 Å². The number of hydrogen-bond acceptors (Lipinski definition) is 3. The molecule has 24 heavy (non-hydrogen) atoms. The summed E-state index contributed by atoms with van der Waals surface area (Å²) in [7, 11) is 1.55. The van der Waals surface area contributed by atoms with Crippen LogP contribution in [0.15, 0.2) is 53.0 Å². The fourth-order valence-corrected chi connectivity index (χ4v) is 2.32. The van der Waals surface area contributed by atoms with Crippen LogP contribution in [0, 0.1) is 12.3 Å². The first-order chi connectivity index (χ1) is 11.6. The number of carbonyl (C=O) groups is 1. The minimum atomic E-state index is -0.228. The maximum atomic E-state index is 12.0. The Bertz CT molecular complexity index is 793. The number of nitrogens with one attached hydrogen (secondary N) is 1. The molecule has 122 valence electrons. The fourth-order valence-electron chi connectivity index (χ4n) is 1.94. The summed E-state index contributed by atoms with van der Waals surface area (Å²) in [6.07, 6.45) is 8.33. The second-order valence-electron chi connectivity index (χ2n) is 4.71. The third-order valence-corrected chi connectivity index (χ3v) is 3.75. The van der Waals surface area contributed by atoms with E-state index in [2.05, 4.69) is 27.2 Å². The molecule has 0 bridgehead atoms. The number of carbonyl (C=O) groups excluding carboxylic acids is 1. The zero-order valence-corrected chi connectivity index (χ0v) is 14.7. The van der Waals surface area contributed by atoms with E-state index in [0.717, 1.165) is 10.0 Å². The normalized spacial score (nSPS) is 10.2. The molecular weight excluding hydrogens is 370 g/mol. The standard InChI is InChI=1S/C19H16BrNO3/c1-3-12-24-17-10-8-14(13-18(17)23-2)9-11-19(22)21-16-7-5-4-6-15(16)20/h1,4-11,13H,12H2,2H3,(H,21,22)/b11-9+. The number of methoxy groups -OCH3 is 1. The lowest BCUT2D eigenvalue weighted by Gasteiger charge is -2.09. The highest BCUT2D eigenvalue weighted by molar-refractivity contribution is 9.10. The summed E-state index contributed by atoms with van der Waals surface area (Å²) >= 11 is 3.38. The molecule has 1 amide bonds. The van der Waals surface area contributed by atoms with Crippen molar-refractivity contribution in [1.29, 1.82) is 0 Å². The van der Waals surface area contributed by atoms with E-state index in [0.29, 0.717) is 17.2 Å². The number of hydrogen-bond donors (Lipinski definition) is 1. The molecule has 0 aromatic heterocycles. The Labute approximate surface area is 149 Å². The van der Waals surface area contributed by atoms with Crippen LogP contribution in [0.4, 0.5) is 5.69 Å². The number of ether oxygens (including phenoxy) is 2. The maximum absolute atomic E-state index is 12.0. The number of terminal acetylenes is 1. The van der Waals surface area contributed by atoms with Crippen molar-refractivity contribution in [3.05, 3.63) is 58.6 Å². The highest BCUT2D eigenvalue weighted by atomic mass is 79.9. The SMILES string of the molecule is C#CCOc1ccc(/C=C/C(=O)Nc2ccccc2Br)cc1OC. The third-order valence-electron chi connectivity index (χ3n) is 3.06. The van der Waals surface area contributed by atoms with Crippen LogP contribution in [0.2, 0.25) is 0 Å². The van der Waals surface area contributed by atoms with Gasteiger partial charge in [0.05, 0.1) is 12.8 Å². The number of halogens is 1. The summed E-state index contributed by atoms with van der Waals surface area (Å²) in [5, 5.41) is 2.80. The Morgan fingerprint density at radius 3 is 2.79 bits per heavy atom. The lowest BCUT2D eigenvalue weighted by molar-refractivity contribution is -0.111. The molecule has 2 rings (SSSR count). The quantitative estimate of drug-likeness (QED) is 0.600. The molecule has 0 radical (unpaired) electrons. The zero-order valence-electron chi connectivity index (χ0n) is 13.1. The van der Waals surface area contributed by atoms with Gasteiger partial charge in [-0.1, -0.05) is 24.1 Å². The Balaban J connectivity index is 2.07. The molecule has 5 heteroatoms. The molecule has 0 unspecified atom stereocenters. The third kappa shape index (κ3) is 4.90. The Morgan fingerprint density at radius 1 is 1.29 bits per heavy atom. The molecule has 0 atom stereocenters. The van der Waals surface area contributed by atoms with Crippen LogP contribution in [0.1, 0.15) is 5.56 Å². The molecule has 2 aromatic rings. The van der Waals surface area contributed by atoms with Gasteiger partial charge >= 0.3 is 0 Å². The molecule has 0 fully saturated rings. The predicted octanol–water partition coefficient (Wildman–Crippen LogP) is 4.12. The Morgan fingerprint density at radius 2 is 2.08 bits per heavy atom. The van der Waals surface area contributed by atoms with Crippen molar-refractivity contribution in [1.82, 2.24) is 0 Å². The summed E-state index contributed by atoms with van der Waals surface area (Å²) in [5.74, 6) is 3.29. The number of amides is 1. The largest absolute Gasteiger partial charge is 0.493 e. The van der Waals surface area contributed by atoms with Crippen molar-refractivity contribution < 1.29 is 14.3 Å². The van der Waals surface area contributed by atoms with Crippen molar-refractivity contribution in [3.8, 4) is 23.8 Å². The van der Waals surface area contributed by atoms with Crippen molar-refractivity contribution >= 4 is 33.6 Å². The highest BCUT2D eigenvalue weighted by Gasteiger charge is 2.05. The van der Waals surface area contributed by atoms with Gasteiger partial charge in [-0.25, -0.2) is 0 Å². The van der Waals surface area contributed by atoms with Crippen LogP contribution in [0.3, 0.4) is 0 Å². The number of para-hydroxylation sites is 1. The molecule has 0 aliphatic rings. The monoisotopic (exact) mass is 385 g/mol. The Hall–Kier alpha value is -2.71. The predicted molar refractivity (Wildman–Crippen MR) is 99.1 cm³/mol. The summed E-state index contributed by atoms with van der Waals surface area (Å²) in [6, 6.07) is 12.7. The summed E-state index contributed by atoms with van der Waals surface area (Å²) in [5.41, 5.74) is 1.52. The van der Waals surface area contributed by atoms with Crippen molar-refractivity contribution in [2.75, 3.05) is 19.0 Å². The molecule has 0 aliphatic carbocycles. The first-order valence-corrected chi connectivity index (χ1v) is 7.91. The van der Waals surface area contributed by atoms with Gasteiger partial charge < -0.3 is 14.8 Å². The smallest absolute Gasteiger partial charge is 0.248 e. The molecule has 4 nitrogen and oxygen atoms in total. The Kier molecular flexibility index (Phi) is 6.47. The average Bonchev–Trinajstić information content (AvgIpc) is 2.60. The van der Waals surface area contributed by atoms with Crippen LogP contribution < -0.4 is 14.8 Å². The number of anilines is 1. The van der Waals surface area contributed by atoms with Crippen LogP contribution in [-0.2, 0) is 4.79 Å². The molecule has 1 N–H and O–H groups in total.